The minimum atomic E-state index is -1.05. The number of hydrogen-bond donors (Lipinski definition) is 2. The Hall–Kier alpha value is -2.16. The molecule has 22 heavy (non-hydrogen) atoms. The van der Waals surface area contributed by atoms with E-state index in [1.807, 2.05) is 0 Å². The van der Waals surface area contributed by atoms with Crippen LogP contribution < -0.4 is 15.6 Å². The number of nitrogens with zero attached hydrogens (tertiary/aromatic N) is 1. The van der Waals surface area contributed by atoms with Gasteiger partial charge in [-0.15, -0.1) is 0 Å². The number of aromatic nitrogens is 2. The lowest BCUT2D eigenvalue weighted by Gasteiger charge is -2.12. The molecule has 0 aliphatic carbocycles. The van der Waals surface area contributed by atoms with Crippen molar-refractivity contribution in [3.63, 3.8) is 0 Å². The molecular formula is C13H14F2N3O3S+. The van der Waals surface area contributed by atoms with E-state index in [1.165, 1.54) is 10.7 Å². The van der Waals surface area contributed by atoms with Gasteiger partial charge in [0.25, 0.3) is 0 Å². The van der Waals surface area contributed by atoms with Crippen LogP contribution in [0.4, 0.5) is 14.5 Å². The van der Waals surface area contributed by atoms with Crippen molar-refractivity contribution in [1.29, 1.82) is 0 Å². The average molecular weight is 330 g/mol. The second-order valence-corrected chi connectivity index (χ2v) is 5.67. The number of aromatic amines is 1. The Balaban J connectivity index is 2.12. The first kappa shape index (κ1) is 16.2. The van der Waals surface area contributed by atoms with Gasteiger partial charge in [0, 0.05) is 11.8 Å². The molecule has 1 heterocycles. The summed E-state index contributed by atoms with van der Waals surface area (Å²) in [5, 5.41) is 4.51. The fourth-order valence-electron chi connectivity index (χ4n) is 1.71. The largest absolute Gasteiger partial charge is 0.441 e. The summed E-state index contributed by atoms with van der Waals surface area (Å²) in [5.41, 5.74) is -0.431. The lowest BCUT2D eigenvalue weighted by Crippen LogP contribution is -2.35. The first-order valence-corrected chi connectivity index (χ1v) is 7.30. The van der Waals surface area contributed by atoms with E-state index in [0.29, 0.717) is 6.42 Å². The molecule has 1 atom stereocenters. The number of halogens is 2. The van der Waals surface area contributed by atoms with E-state index in [0.717, 1.165) is 23.9 Å². The summed E-state index contributed by atoms with van der Waals surface area (Å²) in [6, 6.07) is 3.09. The van der Waals surface area contributed by atoms with Crippen LogP contribution in [-0.4, -0.2) is 16.4 Å². The minimum absolute atomic E-state index is 0.147. The summed E-state index contributed by atoms with van der Waals surface area (Å²) < 4.78 is 32.0. The molecule has 0 spiro atoms. The third kappa shape index (κ3) is 3.53. The Kier molecular flexibility index (Phi) is 4.96. The maximum atomic E-state index is 13.1. The molecule has 0 aliphatic heterocycles. The second kappa shape index (κ2) is 6.73. The van der Waals surface area contributed by atoms with Gasteiger partial charge < -0.3 is 5.32 Å². The standard InChI is InChI=1S/C13H13F2N3O3S/c1-3-10(22-12-13(20)21-17-18(12)2)11(19)16-7-4-5-8(14)9(15)6-7/h4-6,10H,3H2,1-2H3,(H-,16,17,19,20)/p+1. The summed E-state index contributed by atoms with van der Waals surface area (Å²) >= 11 is 1.03. The van der Waals surface area contributed by atoms with E-state index in [-0.39, 0.29) is 10.7 Å². The van der Waals surface area contributed by atoms with E-state index in [9.17, 15) is 18.4 Å². The number of hydrogen-bond acceptors (Lipinski definition) is 4. The molecule has 9 heteroatoms. The summed E-state index contributed by atoms with van der Waals surface area (Å²) in [6.07, 6.45) is 0.435. The van der Waals surface area contributed by atoms with Crippen LogP contribution in [0.1, 0.15) is 13.3 Å². The van der Waals surface area contributed by atoms with Crippen LogP contribution in [0.5, 0.6) is 0 Å². The number of carbonyl (C=O) groups is 1. The number of nitrogens with one attached hydrogen (secondary N) is 2. The van der Waals surface area contributed by atoms with Crippen LogP contribution in [0.3, 0.4) is 0 Å². The number of aryl methyl sites for hydroxylation is 1. The Morgan fingerprint density at radius 1 is 1.45 bits per heavy atom. The van der Waals surface area contributed by atoms with E-state index in [1.54, 1.807) is 14.0 Å². The molecule has 0 saturated heterocycles. The van der Waals surface area contributed by atoms with Gasteiger partial charge in [-0.1, -0.05) is 11.6 Å². The molecule has 0 fully saturated rings. The van der Waals surface area contributed by atoms with Crippen LogP contribution in [0.25, 0.3) is 0 Å². The maximum Gasteiger partial charge on any atom is 0.441 e. The molecule has 0 radical (unpaired) electrons. The highest BCUT2D eigenvalue weighted by Crippen LogP contribution is 2.22. The van der Waals surface area contributed by atoms with Crippen LogP contribution in [0, 0.1) is 11.6 Å². The van der Waals surface area contributed by atoms with Gasteiger partial charge in [-0.25, -0.2) is 13.6 Å². The molecule has 2 rings (SSSR count). The molecule has 0 bridgehead atoms. The van der Waals surface area contributed by atoms with Crippen LogP contribution in [-0.2, 0) is 11.8 Å². The quantitative estimate of drug-likeness (QED) is 0.644. The normalized spacial score (nSPS) is 12.2. The lowest BCUT2D eigenvalue weighted by atomic mass is 10.2. The fourth-order valence-corrected chi connectivity index (χ4v) is 2.65. The summed E-state index contributed by atoms with van der Waals surface area (Å²) in [5.74, 6) is -2.45. The third-order valence-corrected chi connectivity index (χ3v) is 4.35. The van der Waals surface area contributed by atoms with Crippen molar-refractivity contribution in [2.75, 3.05) is 5.32 Å². The molecular weight excluding hydrogens is 316 g/mol. The highest BCUT2D eigenvalue weighted by atomic mass is 32.2. The Morgan fingerprint density at radius 3 is 2.73 bits per heavy atom. The molecule has 0 aliphatic rings. The number of amides is 1. The van der Waals surface area contributed by atoms with E-state index < -0.39 is 28.4 Å². The predicted molar refractivity (Wildman–Crippen MR) is 75.4 cm³/mol. The molecule has 118 valence electrons. The zero-order chi connectivity index (χ0) is 16.3. The number of rotatable bonds is 5. The summed E-state index contributed by atoms with van der Waals surface area (Å²) in [6.45, 7) is 1.77. The van der Waals surface area contributed by atoms with Gasteiger partial charge in [0.1, 0.15) is 0 Å². The fraction of sp³-hybridized carbons (Fsp3) is 0.308. The molecule has 1 aromatic carbocycles. The van der Waals surface area contributed by atoms with Gasteiger partial charge in [-0.3, -0.25) is 9.32 Å². The Morgan fingerprint density at radius 2 is 2.18 bits per heavy atom. The molecule has 1 amide bonds. The van der Waals surface area contributed by atoms with Crippen molar-refractivity contribution in [1.82, 2.24) is 5.27 Å². The number of benzene rings is 1. The molecule has 0 saturated carbocycles. The van der Waals surface area contributed by atoms with Gasteiger partial charge in [-0.2, -0.15) is 0 Å². The molecule has 1 unspecified atom stereocenters. The number of H-pyrrole nitrogens is 1. The van der Waals surface area contributed by atoms with E-state index >= 15 is 0 Å². The SMILES string of the molecule is CCC(Sc1c(=O)o[nH][n+]1C)C(=O)Nc1ccc(F)c(F)c1. The minimum Gasteiger partial charge on any atom is -0.325 e. The lowest BCUT2D eigenvalue weighted by molar-refractivity contribution is -0.772. The molecule has 2 aromatic rings. The van der Waals surface area contributed by atoms with Gasteiger partial charge in [-0.05, 0) is 35.6 Å². The van der Waals surface area contributed by atoms with Crippen molar-refractivity contribution in [3.05, 3.63) is 40.3 Å². The maximum absolute atomic E-state index is 13.1. The highest BCUT2D eigenvalue weighted by Gasteiger charge is 2.27. The van der Waals surface area contributed by atoms with Crippen LogP contribution in [0.2, 0.25) is 0 Å². The average Bonchev–Trinajstić information content (AvgIpc) is 2.79. The molecule has 1 aromatic heterocycles. The Bertz CT molecular complexity index is 744. The van der Waals surface area contributed by atoms with Crippen LogP contribution >= 0.6 is 11.8 Å². The number of thioether (sulfide) groups is 1. The molecule has 6 nitrogen and oxygen atoms in total. The van der Waals surface area contributed by atoms with Crippen molar-refractivity contribution in [2.24, 2.45) is 7.05 Å². The van der Waals surface area contributed by atoms with Gasteiger partial charge in [0.05, 0.1) is 5.25 Å². The van der Waals surface area contributed by atoms with Crippen molar-refractivity contribution in [3.8, 4) is 0 Å². The number of anilines is 1. The van der Waals surface area contributed by atoms with E-state index in [4.69, 9.17) is 0 Å². The van der Waals surface area contributed by atoms with Crippen molar-refractivity contribution in [2.45, 2.75) is 23.6 Å². The van der Waals surface area contributed by atoms with Crippen molar-refractivity contribution < 1.29 is 22.8 Å². The topological polar surface area (TPSA) is 79.0 Å². The van der Waals surface area contributed by atoms with Crippen molar-refractivity contribution >= 4 is 23.4 Å². The second-order valence-electron chi connectivity index (χ2n) is 4.48. The number of carbonyl (C=O) groups excluding carboxylic acids is 1. The third-order valence-electron chi connectivity index (χ3n) is 2.86. The zero-order valence-electron chi connectivity index (χ0n) is 11.9. The predicted octanol–water partition coefficient (Wildman–Crippen LogP) is 1.58. The summed E-state index contributed by atoms with van der Waals surface area (Å²) in [7, 11) is 1.58. The first-order valence-electron chi connectivity index (χ1n) is 6.42. The van der Waals surface area contributed by atoms with Gasteiger partial charge in [0.2, 0.25) is 5.91 Å². The van der Waals surface area contributed by atoms with E-state index in [2.05, 4.69) is 15.1 Å². The van der Waals surface area contributed by atoms with Crippen LogP contribution in [0.15, 0.2) is 32.5 Å². The zero-order valence-corrected chi connectivity index (χ0v) is 12.7. The monoisotopic (exact) mass is 330 g/mol. The summed E-state index contributed by atoms with van der Waals surface area (Å²) in [4.78, 5) is 23.7. The van der Waals surface area contributed by atoms with Gasteiger partial charge >= 0.3 is 10.7 Å². The molecule has 2 N–H and O–H groups in total. The van der Waals surface area contributed by atoms with Gasteiger partial charge in [0.15, 0.2) is 18.7 Å². The first-order chi connectivity index (χ1) is 10.4. The Labute approximate surface area is 128 Å². The smallest absolute Gasteiger partial charge is 0.325 e. The highest BCUT2D eigenvalue weighted by molar-refractivity contribution is 8.00.